The van der Waals surface area contributed by atoms with E-state index >= 15 is 0 Å². The third kappa shape index (κ3) is 5.35. The Bertz CT molecular complexity index is 699. The molecule has 0 aromatic heterocycles. The van der Waals surface area contributed by atoms with Gasteiger partial charge < -0.3 is 15.8 Å². The summed E-state index contributed by atoms with van der Waals surface area (Å²) in [6, 6.07) is 16.5. The molecule has 2 aromatic carbocycles. The highest BCUT2D eigenvalue weighted by Gasteiger charge is 2.17. The Morgan fingerprint density at radius 3 is 2.28 bits per heavy atom. The second kappa shape index (κ2) is 8.87. The summed E-state index contributed by atoms with van der Waals surface area (Å²) in [6.07, 6.45) is 0.307. The van der Waals surface area contributed by atoms with Crippen molar-refractivity contribution in [2.75, 3.05) is 6.54 Å². The minimum absolute atomic E-state index is 0.173. The summed E-state index contributed by atoms with van der Waals surface area (Å²) in [5, 5.41) is 2.94. The third-order valence-corrected chi connectivity index (χ3v) is 4.11. The number of nitrogens with two attached hydrogens (primary N) is 1. The molecule has 0 radical (unpaired) electrons. The molecule has 0 fully saturated rings. The molecule has 0 aliphatic rings. The van der Waals surface area contributed by atoms with Gasteiger partial charge in [-0.25, -0.2) is 0 Å². The highest BCUT2D eigenvalue weighted by Crippen LogP contribution is 2.18. The number of carbonyl (C=O) groups is 2. The van der Waals surface area contributed by atoms with Crippen molar-refractivity contribution in [2.24, 2.45) is 5.73 Å². The normalized spacial score (nSPS) is 12.9. The average Bonchev–Trinajstić information content (AvgIpc) is 2.63. The zero-order chi connectivity index (χ0) is 18.2. The van der Waals surface area contributed by atoms with Crippen LogP contribution in [0.15, 0.2) is 54.6 Å². The number of carbonyl (C=O) groups excluding carboxylic acids is 2. The van der Waals surface area contributed by atoms with Gasteiger partial charge in [0.2, 0.25) is 5.91 Å². The van der Waals surface area contributed by atoms with E-state index in [0.717, 1.165) is 6.42 Å². The van der Waals surface area contributed by atoms with Crippen molar-refractivity contribution in [2.45, 2.75) is 32.3 Å². The van der Waals surface area contributed by atoms with E-state index in [4.69, 9.17) is 10.5 Å². The van der Waals surface area contributed by atoms with Gasteiger partial charge in [-0.1, -0.05) is 37.3 Å². The molecular weight excluding hydrogens is 316 g/mol. The molecule has 2 rings (SSSR count). The minimum atomic E-state index is -0.632. The molecule has 3 N–H and O–H groups in total. The maximum absolute atomic E-state index is 12.3. The van der Waals surface area contributed by atoms with E-state index in [-0.39, 0.29) is 11.8 Å². The van der Waals surface area contributed by atoms with E-state index in [2.05, 4.69) is 24.4 Å². The van der Waals surface area contributed by atoms with Gasteiger partial charge in [-0.15, -0.1) is 0 Å². The lowest BCUT2D eigenvalue weighted by Crippen LogP contribution is -2.38. The van der Waals surface area contributed by atoms with Crippen molar-refractivity contribution < 1.29 is 14.3 Å². The van der Waals surface area contributed by atoms with Crippen molar-refractivity contribution in [3.63, 3.8) is 0 Å². The fourth-order valence-corrected chi connectivity index (χ4v) is 2.55. The molecule has 2 atom stereocenters. The first-order valence-electron chi connectivity index (χ1n) is 8.40. The lowest BCUT2D eigenvalue weighted by atomic mass is 9.96. The van der Waals surface area contributed by atoms with Gasteiger partial charge in [0, 0.05) is 18.0 Å². The number of hydrogen-bond acceptors (Lipinski definition) is 3. The number of ether oxygens (including phenoxy) is 1. The van der Waals surface area contributed by atoms with E-state index in [1.165, 1.54) is 5.56 Å². The quantitative estimate of drug-likeness (QED) is 0.775. The molecule has 132 valence electrons. The van der Waals surface area contributed by atoms with Crippen molar-refractivity contribution in [1.82, 2.24) is 5.32 Å². The Hall–Kier alpha value is -2.82. The number of rotatable bonds is 8. The molecule has 0 spiro atoms. The molecule has 5 nitrogen and oxygen atoms in total. The van der Waals surface area contributed by atoms with Crippen molar-refractivity contribution in [3.05, 3.63) is 65.7 Å². The molecule has 5 heteroatoms. The summed E-state index contributed by atoms with van der Waals surface area (Å²) >= 11 is 0. The van der Waals surface area contributed by atoms with Crippen LogP contribution in [-0.2, 0) is 4.79 Å². The van der Waals surface area contributed by atoms with Gasteiger partial charge >= 0.3 is 0 Å². The summed E-state index contributed by atoms with van der Waals surface area (Å²) in [6.45, 7) is 4.36. The van der Waals surface area contributed by atoms with Crippen molar-refractivity contribution in [1.29, 1.82) is 0 Å². The van der Waals surface area contributed by atoms with Crippen LogP contribution in [0.3, 0.4) is 0 Å². The van der Waals surface area contributed by atoms with Crippen LogP contribution in [0.2, 0.25) is 0 Å². The SMILES string of the molecule is CC[C@H](CNC(=O)[C@H](C)Oc1ccc(C(N)=O)cc1)c1ccccc1. The highest BCUT2D eigenvalue weighted by atomic mass is 16.5. The zero-order valence-corrected chi connectivity index (χ0v) is 14.6. The van der Waals surface area contributed by atoms with E-state index in [1.807, 2.05) is 18.2 Å². The minimum Gasteiger partial charge on any atom is -0.481 e. The summed E-state index contributed by atoms with van der Waals surface area (Å²) < 4.78 is 5.62. The lowest BCUT2D eigenvalue weighted by molar-refractivity contribution is -0.127. The second-order valence-corrected chi connectivity index (χ2v) is 5.91. The average molecular weight is 340 g/mol. The van der Waals surface area contributed by atoms with Crippen LogP contribution in [0.25, 0.3) is 0 Å². The largest absolute Gasteiger partial charge is 0.481 e. The summed E-state index contributed by atoms with van der Waals surface area (Å²) in [5.41, 5.74) is 6.81. The van der Waals surface area contributed by atoms with Crippen LogP contribution in [-0.4, -0.2) is 24.5 Å². The first-order chi connectivity index (χ1) is 12.0. The van der Waals surface area contributed by atoms with Gasteiger partial charge in [0.25, 0.3) is 5.91 Å². The molecule has 0 saturated heterocycles. The van der Waals surface area contributed by atoms with Gasteiger partial charge in [-0.05, 0) is 43.2 Å². The van der Waals surface area contributed by atoms with Crippen molar-refractivity contribution in [3.8, 4) is 5.75 Å². The fourth-order valence-electron chi connectivity index (χ4n) is 2.55. The van der Waals surface area contributed by atoms with Crippen LogP contribution in [0.5, 0.6) is 5.75 Å². The maximum Gasteiger partial charge on any atom is 0.260 e. The molecule has 0 bridgehead atoms. The Morgan fingerprint density at radius 2 is 1.72 bits per heavy atom. The predicted octanol–water partition coefficient (Wildman–Crippen LogP) is 2.86. The van der Waals surface area contributed by atoms with Crippen LogP contribution < -0.4 is 15.8 Å². The first-order valence-corrected chi connectivity index (χ1v) is 8.40. The van der Waals surface area contributed by atoms with Gasteiger partial charge in [-0.3, -0.25) is 9.59 Å². The van der Waals surface area contributed by atoms with Gasteiger partial charge in [-0.2, -0.15) is 0 Å². The molecule has 0 unspecified atom stereocenters. The first kappa shape index (κ1) is 18.5. The van der Waals surface area contributed by atoms with E-state index in [1.54, 1.807) is 31.2 Å². The lowest BCUT2D eigenvalue weighted by Gasteiger charge is -2.19. The summed E-state index contributed by atoms with van der Waals surface area (Å²) in [5.74, 6) is 0.118. The summed E-state index contributed by atoms with van der Waals surface area (Å²) in [7, 11) is 0. The molecule has 0 saturated carbocycles. The monoisotopic (exact) mass is 340 g/mol. The number of benzene rings is 2. The van der Waals surface area contributed by atoms with E-state index in [9.17, 15) is 9.59 Å². The zero-order valence-electron chi connectivity index (χ0n) is 14.6. The second-order valence-electron chi connectivity index (χ2n) is 5.91. The Labute approximate surface area is 148 Å². The van der Waals surface area contributed by atoms with Crippen molar-refractivity contribution >= 4 is 11.8 Å². The number of hydrogen-bond donors (Lipinski definition) is 2. The molecule has 2 amide bonds. The molecule has 0 aliphatic carbocycles. The Kier molecular flexibility index (Phi) is 6.57. The van der Waals surface area contributed by atoms with Crippen LogP contribution in [0, 0.1) is 0 Å². The molecular formula is C20H24N2O3. The maximum atomic E-state index is 12.3. The summed E-state index contributed by atoms with van der Waals surface area (Å²) in [4.78, 5) is 23.3. The van der Waals surface area contributed by atoms with Crippen LogP contribution in [0.1, 0.15) is 42.1 Å². The van der Waals surface area contributed by atoms with Gasteiger partial charge in [0.05, 0.1) is 0 Å². The fraction of sp³-hybridized carbons (Fsp3) is 0.300. The number of amides is 2. The van der Waals surface area contributed by atoms with Crippen LogP contribution in [0.4, 0.5) is 0 Å². The molecule has 0 heterocycles. The smallest absolute Gasteiger partial charge is 0.260 e. The topological polar surface area (TPSA) is 81.4 Å². The van der Waals surface area contributed by atoms with E-state index < -0.39 is 12.0 Å². The Balaban J connectivity index is 1.88. The highest BCUT2D eigenvalue weighted by molar-refractivity contribution is 5.92. The third-order valence-electron chi connectivity index (χ3n) is 4.11. The molecule has 25 heavy (non-hydrogen) atoms. The standard InChI is InChI=1S/C20H24N2O3/c1-3-15(16-7-5-4-6-8-16)13-22-20(24)14(2)25-18-11-9-17(10-12-18)19(21)23/h4-12,14-15H,3,13H2,1-2H3,(H2,21,23)(H,22,24)/t14-,15+/m0/s1. The van der Waals surface area contributed by atoms with Gasteiger partial charge in [0.15, 0.2) is 6.10 Å². The molecule has 2 aromatic rings. The Morgan fingerprint density at radius 1 is 1.08 bits per heavy atom. The number of nitrogens with one attached hydrogen (secondary N) is 1. The molecule has 0 aliphatic heterocycles. The van der Waals surface area contributed by atoms with Gasteiger partial charge in [0.1, 0.15) is 5.75 Å². The number of primary amides is 1. The predicted molar refractivity (Wildman–Crippen MR) is 97.5 cm³/mol. The van der Waals surface area contributed by atoms with E-state index in [0.29, 0.717) is 17.9 Å². The van der Waals surface area contributed by atoms with Crippen LogP contribution >= 0.6 is 0 Å².